The van der Waals surface area contributed by atoms with Gasteiger partial charge in [-0.1, -0.05) is 83.5 Å². The molecule has 0 radical (unpaired) electrons. The number of sulfonamides is 2. The molecule has 4 fully saturated rings. The molecule has 99 heavy (non-hydrogen) atoms. The Morgan fingerprint density at radius 3 is 1.39 bits per heavy atom. The summed E-state index contributed by atoms with van der Waals surface area (Å²) < 4.78 is 98.5. The molecule has 2 aromatic carbocycles. The monoisotopic (exact) mass is 1440 g/mol. The minimum Gasteiger partial charge on any atom is -0.488 e. The number of benzene rings is 2. The lowest BCUT2D eigenvalue weighted by molar-refractivity contribution is -0.143. The van der Waals surface area contributed by atoms with Crippen molar-refractivity contribution in [2.75, 3.05) is 13.1 Å². The van der Waals surface area contributed by atoms with Crippen molar-refractivity contribution in [3.05, 3.63) is 103 Å². The lowest BCUT2D eigenvalue weighted by atomic mass is 9.85. The summed E-state index contributed by atoms with van der Waals surface area (Å²) in [6.07, 6.45) is 3.60. The van der Waals surface area contributed by atoms with Gasteiger partial charge in [0.2, 0.25) is 43.7 Å². The van der Waals surface area contributed by atoms with Crippen LogP contribution < -0.4 is 35.4 Å². The van der Waals surface area contributed by atoms with Crippen LogP contribution in [-0.4, -0.2) is 172 Å². The first-order chi connectivity index (χ1) is 45.6. The lowest BCUT2D eigenvalue weighted by Crippen LogP contribution is -2.62. The van der Waals surface area contributed by atoms with Crippen LogP contribution in [0.5, 0.6) is 5.75 Å². The molecule has 31 heteroatoms. The molecule has 8 rings (SSSR count). The summed E-state index contributed by atoms with van der Waals surface area (Å²) in [6, 6.07) is 7.71. The fraction of sp³-hybridized carbons (Fsp3) is 0.559. The standard InChI is InChI=1S/C34H46FN5O8S.C25H42N4O8S.C9H5ClFN/c1-9-16-34(8,30(43)39-49(45,46)21-13-14-21)38-28(41)24-18-20(47-25-15-17-36-26-22(25)11-10-12-23(26)35)19-40(24)29(42)27(32(2,3)4)37-31(44)48-33(5,6)7;1-9-12-25(8,21(33)28-38(35,36)16-10-11-16)27-19(31)17-13-15(30)14-29(17)20(32)18(23(2,3)4)26-22(34)37-24(5,6)7;10-7-4-5-12-9-6(7)2-1-3-8(9)11/h9-12,15,17,20-21,24,27H,1,13-14,16,18-19H2,2-8H3,(H,37,44)(H,38,41)(H,39,43);9,15-18,30H,1,10-14H2,2-8H3,(H,26,34)(H,27,31)(H,28,33);1-5H/t20-,24+,27-,34-;15-,17+,18-,25-;/m11./s1. The Labute approximate surface area is 582 Å². The Balaban J connectivity index is 0.000000272. The first-order valence-corrected chi connectivity index (χ1v) is 35.8. The normalized spacial score (nSPS) is 19.9. The van der Waals surface area contributed by atoms with Crippen LogP contribution in [0.25, 0.3) is 21.8 Å². The first kappa shape index (κ1) is 79.9. The van der Waals surface area contributed by atoms with Crippen molar-refractivity contribution in [3.63, 3.8) is 0 Å². The van der Waals surface area contributed by atoms with E-state index < -0.39 is 153 Å². The second-order valence-electron chi connectivity index (χ2n) is 29.6. The number of pyridine rings is 2. The number of β-amino-alcohol motifs (C(OH)–C–C–N with tert-alkyl or cyclic N) is 1. The van der Waals surface area contributed by atoms with Crippen LogP contribution in [0.2, 0.25) is 5.02 Å². The van der Waals surface area contributed by atoms with E-state index in [9.17, 15) is 69.1 Å². The van der Waals surface area contributed by atoms with Crippen molar-refractivity contribution < 1.29 is 83.3 Å². The molecule has 2 aromatic heterocycles. The largest absolute Gasteiger partial charge is 0.488 e. The summed E-state index contributed by atoms with van der Waals surface area (Å²) in [5, 5.41) is 21.1. The number of hydrogen-bond acceptors (Lipinski definition) is 18. The number of aromatic nitrogens is 2. The number of aliphatic hydroxyl groups is 1. The van der Waals surface area contributed by atoms with E-state index in [4.69, 9.17) is 25.8 Å². The number of carbonyl (C=O) groups excluding carboxylic acids is 8. The number of para-hydroxylation sites is 2. The van der Waals surface area contributed by atoms with Gasteiger partial charge in [-0.15, -0.1) is 13.2 Å². The molecule has 8 atom stereocenters. The fourth-order valence-electron chi connectivity index (χ4n) is 10.8. The van der Waals surface area contributed by atoms with Crippen LogP contribution in [0, 0.1) is 22.5 Å². The van der Waals surface area contributed by atoms with Gasteiger partial charge in [-0.2, -0.15) is 0 Å². The number of likely N-dealkylation sites (tertiary alicyclic amines) is 2. The van der Waals surface area contributed by atoms with Crippen molar-refractivity contribution in [2.45, 2.75) is 217 Å². The maximum Gasteiger partial charge on any atom is 0.408 e. The molecule has 2 saturated heterocycles. The van der Waals surface area contributed by atoms with Gasteiger partial charge in [-0.05, 0) is 135 Å². The topological polar surface area (TPSA) is 357 Å². The van der Waals surface area contributed by atoms with Crippen LogP contribution in [0.15, 0.2) is 86.2 Å². The highest BCUT2D eigenvalue weighted by Gasteiger charge is 2.51. The average Bonchev–Trinajstić information content (AvgIpc) is 1.71. The summed E-state index contributed by atoms with van der Waals surface area (Å²) >= 11 is 5.82. The Hall–Kier alpha value is -8.09. The maximum absolute atomic E-state index is 14.5. The number of aliphatic hydroxyl groups excluding tert-OH is 1. The van der Waals surface area contributed by atoms with Gasteiger partial charge in [0.15, 0.2) is 0 Å². The summed E-state index contributed by atoms with van der Waals surface area (Å²) in [5.74, 6) is -5.19. The molecule has 0 spiro atoms. The van der Waals surface area contributed by atoms with E-state index >= 15 is 0 Å². The quantitative estimate of drug-likeness (QED) is 0.0417. The highest BCUT2D eigenvalue weighted by molar-refractivity contribution is 7.91. The molecule has 4 heterocycles. The maximum atomic E-state index is 14.5. The third-order valence-corrected chi connectivity index (χ3v) is 20.2. The van der Waals surface area contributed by atoms with Gasteiger partial charge in [0, 0.05) is 42.6 Å². The first-order valence-electron chi connectivity index (χ1n) is 32.3. The Bertz CT molecular complexity index is 3920. The number of alkyl carbamates (subject to hydrolysis) is 2. The minimum absolute atomic E-state index is 0.0494. The summed E-state index contributed by atoms with van der Waals surface area (Å²) in [5.41, 5.74) is -6.29. The Morgan fingerprint density at radius 2 is 1.00 bits per heavy atom. The molecule has 7 N–H and O–H groups in total. The van der Waals surface area contributed by atoms with Crippen LogP contribution in [0.1, 0.15) is 148 Å². The van der Waals surface area contributed by atoms with Gasteiger partial charge in [-0.25, -0.2) is 35.2 Å². The predicted molar refractivity (Wildman–Crippen MR) is 367 cm³/mol. The van der Waals surface area contributed by atoms with E-state index in [1.54, 1.807) is 113 Å². The van der Waals surface area contributed by atoms with E-state index in [1.165, 1.54) is 66.4 Å². The van der Waals surface area contributed by atoms with Gasteiger partial charge in [0.05, 0.1) is 28.2 Å². The van der Waals surface area contributed by atoms with Gasteiger partial charge in [0.25, 0.3) is 11.8 Å². The molecule has 2 aliphatic heterocycles. The van der Waals surface area contributed by atoms with Crippen molar-refractivity contribution in [3.8, 4) is 5.75 Å². The lowest BCUT2D eigenvalue weighted by Gasteiger charge is -2.36. The van der Waals surface area contributed by atoms with E-state index in [-0.39, 0.29) is 55.9 Å². The van der Waals surface area contributed by atoms with E-state index in [0.717, 1.165) is 0 Å². The van der Waals surface area contributed by atoms with Gasteiger partial charge in [-0.3, -0.25) is 48.2 Å². The van der Waals surface area contributed by atoms with Crippen molar-refractivity contribution in [1.29, 1.82) is 0 Å². The predicted octanol–water partition coefficient (Wildman–Crippen LogP) is 7.70. The van der Waals surface area contributed by atoms with E-state index in [1.807, 2.05) is 4.72 Å². The number of amides is 8. The number of hydrogen-bond donors (Lipinski definition) is 7. The van der Waals surface area contributed by atoms with Crippen LogP contribution in [0.3, 0.4) is 0 Å². The molecule has 2 saturated carbocycles. The third kappa shape index (κ3) is 21.5. The highest BCUT2D eigenvalue weighted by atomic mass is 35.5. The zero-order valence-electron chi connectivity index (χ0n) is 58.3. The molecule has 4 aliphatic rings. The van der Waals surface area contributed by atoms with Crippen LogP contribution in [0.4, 0.5) is 18.4 Å². The molecule has 8 amide bonds. The van der Waals surface area contributed by atoms with Gasteiger partial charge >= 0.3 is 12.2 Å². The van der Waals surface area contributed by atoms with E-state index in [0.29, 0.717) is 47.0 Å². The SMILES string of the molecule is C=CC[C@@](C)(NC(=O)[C@@H]1C[C@@H](O)CN1C(=O)[C@@H](NC(=O)OC(C)(C)C)C(C)(C)C)C(=O)NS(=O)(=O)C1CC1.C=CC[C@@](C)(NC(=O)[C@@H]1C[C@@H](Oc2ccnc3c(F)cccc23)CN1C(=O)[C@@H](NC(=O)OC(C)(C)C)C(C)(C)C)C(=O)NS(=O)(=O)C1CC1.Fc1cccc2c(Cl)ccnc12. The summed E-state index contributed by atoms with van der Waals surface area (Å²) in [6.45, 7) is 30.3. The number of fused-ring (bicyclic) bond motifs is 2. The van der Waals surface area contributed by atoms with Crippen molar-refractivity contribution in [2.24, 2.45) is 10.8 Å². The van der Waals surface area contributed by atoms with Crippen molar-refractivity contribution in [1.82, 2.24) is 50.5 Å². The Morgan fingerprint density at radius 1 is 0.606 bits per heavy atom. The second-order valence-corrected chi connectivity index (χ2v) is 34.0. The number of halogens is 3. The Kier molecular flexibility index (Phi) is 25.2. The molecule has 2 aliphatic carbocycles. The molecule has 4 aromatic rings. The average molecular weight is 1440 g/mol. The third-order valence-electron chi connectivity index (χ3n) is 16.2. The second kappa shape index (κ2) is 31.2. The van der Waals surface area contributed by atoms with Crippen LogP contribution >= 0.6 is 11.6 Å². The van der Waals surface area contributed by atoms with Crippen molar-refractivity contribution >= 4 is 101 Å². The summed E-state index contributed by atoms with van der Waals surface area (Å²) in [7, 11) is -7.81. The molecule has 0 unspecified atom stereocenters. The zero-order valence-corrected chi connectivity index (χ0v) is 60.7. The molecule has 26 nitrogen and oxygen atoms in total. The number of ether oxygens (including phenoxy) is 3. The highest BCUT2D eigenvalue weighted by Crippen LogP contribution is 2.35. The fourth-order valence-corrected chi connectivity index (χ4v) is 13.8. The van der Waals surface area contributed by atoms with E-state index in [2.05, 4.69) is 49.1 Å². The molecular weight excluding hydrogens is 1350 g/mol. The number of rotatable bonds is 20. The van der Waals surface area contributed by atoms with Gasteiger partial charge in [0.1, 0.15) is 81.0 Å². The number of nitrogens with one attached hydrogen (secondary N) is 6. The zero-order chi connectivity index (χ0) is 74.3. The number of carbonyl (C=O) groups is 8. The van der Waals surface area contributed by atoms with Crippen LogP contribution in [-0.2, 0) is 58.3 Å². The molecular formula is C68H93ClF2N10O16S2. The van der Waals surface area contributed by atoms with Gasteiger partial charge < -0.3 is 50.4 Å². The number of nitrogens with zero attached hydrogens (tertiary/aromatic N) is 4. The minimum atomic E-state index is -3.94. The smallest absolute Gasteiger partial charge is 0.408 e. The summed E-state index contributed by atoms with van der Waals surface area (Å²) in [4.78, 5) is 118. The molecule has 544 valence electrons. The molecule has 0 bridgehead atoms.